The molecular formula is C17H22N2O. The van der Waals surface area contributed by atoms with Crippen LogP contribution in [-0.2, 0) is 13.0 Å². The van der Waals surface area contributed by atoms with E-state index >= 15 is 0 Å². The number of aromatic nitrogens is 1. The van der Waals surface area contributed by atoms with E-state index in [0.29, 0.717) is 13.0 Å². The van der Waals surface area contributed by atoms with Crippen molar-refractivity contribution in [3.8, 4) is 0 Å². The number of aryl methyl sites for hydroxylation is 1. The van der Waals surface area contributed by atoms with E-state index in [0.717, 1.165) is 16.8 Å². The summed E-state index contributed by atoms with van der Waals surface area (Å²) < 4.78 is 0. The molecule has 0 spiro atoms. The van der Waals surface area contributed by atoms with Crippen molar-refractivity contribution in [2.75, 3.05) is 0 Å². The minimum absolute atomic E-state index is 0.0262. The van der Waals surface area contributed by atoms with Crippen molar-refractivity contribution in [1.82, 2.24) is 10.3 Å². The van der Waals surface area contributed by atoms with Crippen LogP contribution in [0.1, 0.15) is 23.7 Å². The minimum Gasteiger partial charge on any atom is -0.391 e. The molecule has 0 amide bonds. The molecule has 2 unspecified atom stereocenters. The summed E-state index contributed by atoms with van der Waals surface area (Å²) in [4.78, 5) is 4.35. The molecule has 2 rings (SSSR count). The standard InChI is InChI=1S/C17H22N2O/c1-13-8-9-16(19-11-13)12-18-14(2)17(20)10-15-6-4-3-5-7-15/h3-9,11,14,17-18,20H,10,12H2,1-2H3. The summed E-state index contributed by atoms with van der Waals surface area (Å²) in [7, 11) is 0. The molecule has 3 heteroatoms. The zero-order valence-electron chi connectivity index (χ0n) is 12.1. The van der Waals surface area contributed by atoms with Crippen LogP contribution in [0.5, 0.6) is 0 Å². The van der Waals surface area contributed by atoms with Crippen molar-refractivity contribution in [3.05, 3.63) is 65.5 Å². The zero-order chi connectivity index (χ0) is 14.4. The average molecular weight is 270 g/mol. The quantitative estimate of drug-likeness (QED) is 0.847. The van der Waals surface area contributed by atoms with E-state index in [9.17, 15) is 5.11 Å². The lowest BCUT2D eigenvalue weighted by atomic mass is 10.0. The third-order valence-corrected chi connectivity index (χ3v) is 3.44. The second-order valence-electron chi connectivity index (χ2n) is 5.25. The lowest BCUT2D eigenvalue weighted by Gasteiger charge is -2.20. The van der Waals surface area contributed by atoms with Gasteiger partial charge in [-0.3, -0.25) is 4.98 Å². The first kappa shape index (κ1) is 14.7. The molecule has 0 radical (unpaired) electrons. The van der Waals surface area contributed by atoms with Crippen LogP contribution in [0.15, 0.2) is 48.7 Å². The average Bonchev–Trinajstić information content (AvgIpc) is 2.47. The van der Waals surface area contributed by atoms with Crippen LogP contribution in [0.4, 0.5) is 0 Å². The summed E-state index contributed by atoms with van der Waals surface area (Å²) in [5, 5.41) is 13.5. The first-order chi connectivity index (χ1) is 9.65. The van der Waals surface area contributed by atoms with E-state index in [2.05, 4.69) is 16.4 Å². The summed E-state index contributed by atoms with van der Waals surface area (Å²) in [5.41, 5.74) is 3.31. The Balaban J connectivity index is 1.82. The molecule has 0 bridgehead atoms. The number of pyridine rings is 1. The molecule has 0 saturated carbocycles. The van der Waals surface area contributed by atoms with E-state index < -0.39 is 6.10 Å². The number of aliphatic hydroxyl groups excluding tert-OH is 1. The molecule has 0 aliphatic carbocycles. The number of nitrogens with zero attached hydrogens (tertiary/aromatic N) is 1. The van der Waals surface area contributed by atoms with Crippen LogP contribution in [0, 0.1) is 6.92 Å². The summed E-state index contributed by atoms with van der Waals surface area (Å²) >= 11 is 0. The fraction of sp³-hybridized carbons (Fsp3) is 0.353. The van der Waals surface area contributed by atoms with Crippen LogP contribution in [-0.4, -0.2) is 22.2 Å². The van der Waals surface area contributed by atoms with E-state index in [-0.39, 0.29) is 6.04 Å². The first-order valence-corrected chi connectivity index (χ1v) is 7.02. The van der Waals surface area contributed by atoms with E-state index in [1.54, 1.807) is 0 Å². The molecule has 0 fully saturated rings. The Morgan fingerprint density at radius 1 is 1.15 bits per heavy atom. The van der Waals surface area contributed by atoms with Crippen molar-refractivity contribution < 1.29 is 5.11 Å². The van der Waals surface area contributed by atoms with Crippen molar-refractivity contribution in [1.29, 1.82) is 0 Å². The second kappa shape index (κ2) is 7.17. The molecule has 106 valence electrons. The van der Waals surface area contributed by atoms with Gasteiger partial charge in [-0.1, -0.05) is 36.4 Å². The Bertz CT molecular complexity index is 510. The Hall–Kier alpha value is -1.71. The molecule has 3 nitrogen and oxygen atoms in total. The van der Waals surface area contributed by atoms with Crippen molar-refractivity contribution >= 4 is 0 Å². The highest BCUT2D eigenvalue weighted by Crippen LogP contribution is 2.07. The second-order valence-corrected chi connectivity index (χ2v) is 5.25. The molecule has 0 saturated heterocycles. The highest BCUT2D eigenvalue weighted by atomic mass is 16.3. The van der Waals surface area contributed by atoms with Gasteiger partial charge in [0.15, 0.2) is 0 Å². The fourth-order valence-corrected chi connectivity index (χ4v) is 2.04. The SMILES string of the molecule is Cc1ccc(CNC(C)C(O)Cc2ccccc2)nc1. The van der Waals surface area contributed by atoms with Gasteiger partial charge in [0.25, 0.3) is 0 Å². The van der Waals surface area contributed by atoms with E-state index in [4.69, 9.17) is 0 Å². The minimum atomic E-state index is -0.400. The molecule has 2 atom stereocenters. The van der Waals surface area contributed by atoms with E-state index in [1.165, 1.54) is 0 Å². The Morgan fingerprint density at radius 2 is 1.90 bits per heavy atom. The molecule has 1 aromatic carbocycles. The van der Waals surface area contributed by atoms with Gasteiger partial charge in [-0.15, -0.1) is 0 Å². The number of nitrogens with one attached hydrogen (secondary N) is 1. The van der Waals surface area contributed by atoms with Crippen molar-refractivity contribution in [3.63, 3.8) is 0 Å². The van der Waals surface area contributed by atoms with Gasteiger partial charge >= 0.3 is 0 Å². The monoisotopic (exact) mass is 270 g/mol. The molecule has 1 heterocycles. The molecule has 2 aromatic rings. The van der Waals surface area contributed by atoms with Crippen LogP contribution in [0.25, 0.3) is 0 Å². The number of hydrogen-bond donors (Lipinski definition) is 2. The number of hydrogen-bond acceptors (Lipinski definition) is 3. The van der Waals surface area contributed by atoms with Gasteiger partial charge in [0.05, 0.1) is 11.8 Å². The van der Waals surface area contributed by atoms with Gasteiger partial charge < -0.3 is 10.4 Å². The summed E-state index contributed by atoms with van der Waals surface area (Å²) in [5.74, 6) is 0. The molecule has 20 heavy (non-hydrogen) atoms. The highest BCUT2D eigenvalue weighted by Gasteiger charge is 2.14. The third-order valence-electron chi connectivity index (χ3n) is 3.44. The smallest absolute Gasteiger partial charge is 0.0730 e. The van der Waals surface area contributed by atoms with Gasteiger partial charge in [-0.25, -0.2) is 0 Å². The zero-order valence-corrected chi connectivity index (χ0v) is 12.1. The maximum Gasteiger partial charge on any atom is 0.0730 e. The molecule has 0 aliphatic heterocycles. The lowest BCUT2D eigenvalue weighted by molar-refractivity contribution is 0.133. The van der Waals surface area contributed by atoms with Gasteiger partial charge in [0, 0.05) is 18.8 Å². The molecule has 1 aromatic heterocycles. The largest absolute Gasteiger partial charge is 0.391 e. The number of aliphatic hydroxyl groups is 1. The van der Waals surface area contributed by atoms with Crippen LogP contribution in [0.3, 0.4) is 0 Å². The summed E-state index contributed by atoms with van der Waals surface area (Å²) in [6.07, 6.45) is 2.13. The van der Waals surface area contributed by atoms with Gasteiger partial charge in [-0.2, -0.15) is 0 Å². The first-order valence-electron chi connectivity index (χ1n) is 7.02. The fourth-order valence-electron chi connectivity index (χ4n) is 2.04. The maximum absolute atomic E-state index is 10.2. The molecule has 2 N–H and O–H groups in total. The maximum atomic E-state index is 10.2. The topological polar surface area (TPSA) is 45.1 Å². The Kier molecular flexibility index (Phi) is 5.27. The van der Waals surface area contributed by atoms with Crippen LogP contribution < -0.4 is 5.32 Å². The van der Waals surface area contributed by atoms with E-state index in [1.807, 2.05) is 56.4 Å². The molecular weight excluding hydrogens is 248 g/mol. The van der Waals surface area contributed by atoms with Crippen LogP contribution in [0.2, 0.25) is 0 Å². The summed E-state index contributed by atoms with van der Waals surface area (Å²) in [6.45, 7) is 4.70. The predicted molar refractivity (Wildman–Crippen MR) is 81.4 cm³/mol. The number of benzene rings is 1. The van der Waals surface area contributed by atoms with Crippen LogP contribution >= 0.6 is 0 Å². The van der Waals surface area contributed by atoms with Gasteiger partial charge in [0.1, 0.15) is 0 Å². The third kappa shape index (κ3) is 4.44. The van der Waals surface area contributed by atoms with Gasteiger partial charge in [-0.05, 0) is 37.5 Å². The highest BCUT2D eigenvalue weighted by molar-refractivity contribution is 5.16. The lowest BCUT2D eigenvalue weighted by Crippen LogP contribution is -2.38. The van der Waals surface area contributed by atoms with Gasteiger partial charge in [0.2, 0.25) is 0 Å². The summed E-state index contributed by atoms with van der Waals surface area (Å²) in [6, 6.07) is 14.1. The van der Waals surface area contributed by atoms with Crippen molar-refractivity contribution in [2.24, 2.45) is 0 Å². The Morgan fingerprint density at radius 3 is 2.55 bits per heavy atom. The molecule has 0 aliphatic rings. The predicted octanol–water partition coefficient (Wildman–Crippen LogP) is 2.47. The Labute approximate surface area is 120 Å². The normalized spacial score (nSPS) is 13.9. The van der Waals surface area contributed by atoms with Crippen molar-refractivity contribution in [2.45, 2.75) is 39.0 Å². The number of rotatable bonds is 6.